The summed E-state index contributed by atoms with van der Waals surface area (Å²) in [7, 11) is 0. The molecule has 0 aliphatic rings. The normalized spacial score (nSPS) is 11.0. The predicted molar refractivity (Wildman–Crippen MR) is 78.6 cm³/mol. The van der Waals surface area contributed by atoms with E-state index in [4.69, 9.17) is 16.9 Å². The molecule has 0 unspecified atom stereocenters. The second kappa shape index (κ2) is 5.96. The monoisotopic (exact) mass is 374 g/mol. The molecule has 21 heavy (non-hydrogen) atoms. The Balaban J connectivity index is 2.36. The van der Waals surface area contributed by atoms with Crippen molar-refractivity contribution in [2.75, 3.05) is 5.32 Å². The van der Waals surface area contributed by atoms with Crippen molar-refractivity contribution in [2.45, 2.75) is 6.18 Å². The van der Waals surface area contributed by atoms with E-state index < -0.39 is 11.7 Å². The topological polar surface area (TPSA) is 35.8 Å². The third-order valence-corrected chi connectivity index (χ3v) is 3.90. The minimum atomic E-state index is -4.48. The van der Waals surface area contributed by atoms with Crippen LogP contribution in [0.1, 0.15) is 11.1 Å². The van der Waals surface area contributed by atoms with Crippen LogP contribution in [0.2, 0.25) is 5.02 Å². The first kappa shape index (κ1) is 15.7. The Morgan fingerprint density at radius 2 is 1.86 bits per heavy atom. The van der Waals surface area contributed by atoms with Gasteiger partial charge in [0, 0.05) is 10.2 Å². The lowest BCUT2D eigenvalue weighted by molar-refractivity contribution is -0.137. The fourth-order valence-corrected chi connectivity index (χ4v) is 2.08. The van der Waals surface area contributed by atoms with E-state index in [1.807, 2.05) is 0 Å². The summed E-state index contributed by atoms with van der Waals surface area (Å²) in [6.45, 7) is 0. The summed E-state index contributed by atoms with van der Waals surface area (Å²) >= 11 is 9.18. The number of halogens is 5. The van der Waals surface area contributed by atoms with Gasteiger partial charge in [0.1, 0.15) is 6.07 Å². The van der Waals surface area contributed by atoms with Gasteiger partial charge in [-0.05, 0) is 52.3 Å². The highest BCUT2D eigenvalue weighted by Crippen LogP contribution is 2.33. The summed E-state index contributed by atoms with van der Waals surface area (Å²) in [5, 5.41) is 12.3. The van der Waals surface area contributed by atoms with Crippen LogP contribution >= 0.6 is 27.5 Å². The maximum atomic E-state index is 12.6. The molecule has 0 heterocycles. The summed E-state index contributed by atoms with van der Waals surface area (Å²) < 4.78 is 38.5. The molecule has 0 saturated carbocycles. The summed E-state index contributed by atoms with van der Waals surface area (Å²) in [5.41, 5.74) is -0.106. The molecule has 7 heteroatoms. The number of anilines is 2. The second-order valence-electron chi connectivity index (χ2n) is 4.12. The van der Waals surface area contributed by atoms with Gasteiger partial charge in [0.05, 0.1) is 21.8 Å². The van der Waals surface area contributed by atoms with Crippen LogP contribution in [-0.2, 0) is 6.18 Å². The minimum absolute atomic E-state index is 0.0936. The highest BCUT2D eigenvalue weighted by atomic mass is 79.9. The molecule has 108 valence electrons. The first-order valence-corrected chi connectivity index (χ1v) is 6.82. The number of hydrogen-bond acceptors (Lipinski definition) is 2. The second-order valence-corrected chi connectivity index (χ2v) is 5.39. The lowest BCUT2D eigenvalue weighted by Crippen LogP contribution is -2.06. The molecule has 0 radical (unpaired) electrons. The Hall–Kier alpha value is -1.71. The predicted octanol–water partition coefficient (Wildman–Crippen LogP) is 5.74. The van der Waals surface area contributed by atoms with E-state index >= 15 is 0 Å². The van der Waals surface area contributed by atoms with Crippen LogP contribution in [0.3, 0.4) is 0 Å². The molecule has 2 nitrogen and oxygen atoms in total. The number of rotatable bonds is 2. The van der Waals surface area contributed by atoms with E-state index in [-0.39, 0.29) is 11.3 Å². The van der Waals surface area contributed by atoms with Crippen molar-refractivity contribution in [1.82, 2.24) is 0 Å². The zero-order valence-electron chi connectivity index (χ0n) is 10.3. The van der Waals surface area contributed by atoms with Gasteiger partial charge < -0.3 is 5.32 Å². The van der Waals surface area contributed by atoms with Crippen molar-refractivity contribution in [3.05, 3.63) is 57.0 Å². The maximum absolute atomic E-state index is 12.6. The number of nitriles is 1. The van der Waals surface area contributed by atoms with Gasteiger partial charge in [0.25, 0.3) is 0 Å². The van der Waals surface area contributed by atoms with Crippen molar-refractivity contribution >= 4 is 38.9 Å². The van der Waals surface area contributed by atoms with Crippen LogP contribution < -0.4 is 5.32 Å². The van der Waals surface area contributed by atoms with Crippen molar-refractivity contribution in [3.63, 3.8) is 0 Å². The molecule has 0 aromatic heterocycles. The van der Waals surface area contributed by atoms with Crippen LogP contribution in [0, 0.1) is 11.3 Å². The lowest BCUT2D eigenvalue weighted by atomic mass is 10.1. The van der Waals surface area contributed by atoms with E-state index in [1.54, 1.807) is 24.3 Å². The number of benzene rings is 2. The summed E-state index contributed by atoms with van der Waals surface area (Å²) in [6.07, 6.45) is -4.48. The Labute approximate surface area is 132 Å². The molecule has 0 aliphatic carbocycles. The molecule has 2 aromatic carbocycles. The van der Waals surface area contributed by atoms with Gasteiger partial charge in [-0.25, -0.2) is 0 Å². The van der Waals surface area contributed by atoms with Crippen molar-refractivity contribution < 1.29 is 13.2 Å². The average molecular weight is 376 g/mol. The Bertz CT molecular complexity index is 723. The molecule has 0 saturated heterocycles. The van der Waals surface area contributed by atoms with E-state index in [2.05, 4.69) is 21.2 Å². The van der Waals surface area contributed by atoms with E-state index in [1.165, 1.54) is 6.07 Å². The zero-order valence-corrected chi connectivity index (χ0v) is 12.6. The van der Waals surface area contributed by atoms with Crippen LogP contribution in [0.5, 0.6) is 0 Å². The van der Waals surface area contributed by atoms with Gasteiger partial charge in [0.2, 0.25) is 0 Å². The van der Waals surface area contributed by atoms with Crippen molar-refractivity contribution in [1.29, 1.82) is 5.26 Å². The molecule has 0 bridgehead atoms. The maximum Gasteiger partial charge on any atom is 0.416 e. The third-order valence-electron chi connectivity index (χ3n) is 2.67. The lowest BCUT2D eigenvalue weighted by Gasteiger charge is -2.12. The molecule has 2 aromatic rings. The van der Waals surface area contributed by atoms with Crippen LogP contribution in [-0.4, -0.2) is 0 Å². The summed E-state index contributed by atoms with van der Waals surface area (Å²) in [5.74, 6) is 0. The number of hydrogen-bond donors (Lipinski definition) is 1. The van der Waals surface area contributed by atoms with E-state index in [0.717, 1.165) is 12.1 Å². The summed E-state index contributed by atoms with van der Waals surface area (Å²) in [4.78, 5) is 0. The molecule has 0 atom stereocenters. The minimum Gasteiger partial charge on any atom is -0.354 e. The Kier molecular flexibility index (Phi) is 4.45. The van der Waals surface area contributed by atoms with Crippen molar-refractivity contribution in [2.24, 2.45) is 0 Å². The third kappa shape index (κ3) is 3.69. The van der Waals surface area contributed by atoms with Crippen LogP contribution in [0.15, 0.2) is 40.9 Å². The molecule has 0 spiro atoms. The van der Waals surface area contributed by atoms with Gasteiger partial charge in [-0.3, -0.25) is 0 Å². The first-order chi connectivity index (χ1) is 9.81. The molecule has 1 N–H and O–H groups in total. The smallest absolute Gasteiger partial charge is 0.354 e. The number of nitrogens with zero attached hydrogens (tertiary/aromatic N) is 1. The quantitative estimate of drug-likeness (QED) is 0.727. The average Bonchev–Trinajstić information content (AvgIpc) is 2.42. The SMILES string of the molecule is N#Cc1cc(C(F)(F)F)ccc1Nc1ccc(Br)c(Cl)c1. The molecule has 0 amide bonds. The first-order valence-electron chi connectivity index (χ1n) is 5.64. The highest BCUT2D eigenvalue weighted by molar-refractivity contribution is 9.10. The zero-order chi connectivity index (χ0) is 15.6. The number of nitrogens with one attached hydrogen (secondary N) is 1. The van der Waals surface area contributed by atoms with E-state index in [0.29, 0.717) is 15.2 Å². The molecular weight excluding hydrogens is 369 g/mol. The largest absolute Gasteiger partial charge is 0.416 e. The van der Waals surface area contributed by atoms with Gasteiger partial charge in [-0.15, -0.1) is 0 Å². The fraction of sp³-hybridized carbons (Fsp3) is 0.0714. The fourth-order valence-electron chi connectivity index (χ4n) is 1.65. The molecule has 0 aliphatic heterocycles. The van der Waals surface area contributed by atoms with Gasteiger partial charge in [-0.2, -0.15) is 18.4 Å². The van der Waals surface area contributed by atoms with E-state index in [9.17, 15) is 13.2 Å². The molecular formula is C14H7BrClF3N2. The Morgan fingerprint density at radius 3 is 2.43 bits per heavy atom. The van der Waals surface area contributed by atoms with Gasteiger partial charge in [0.15, 0.2) is 0 Å². The van der Waals surface area contributed by atoms with Gasteiger partial charge in [-0.1, -0.05) is 11.6 Å². The summed E-state index contributed by atoms with van der Waals surface area (Å²) in [6, 6.07) is 9.68. The molecule has 0 fully saturated rings. The number of alkyl halides is 3. The molecule has 2 rings (SSSR count). The Morgan fingerprint density at radius 1 is 1.14 bits per heavy atom. The highest BCUT2D eigenvalue weighted by Gasteiger charge is 2.31. The van der Waals surface area contributed by atoms with Gasteiger partial charge >= 0.3 is 6.18 Å². The standard InChI is InChI=1S/C14H7BrClF3N2/c15-11-3-2-10(6-12(11)16)21-13-4-1-9(14(17,18)19)5-8(13)7-20/h1-6,21H. The van der Waals surface area contributed by atoms with Crippen LogP contribution in [0.4, 0.5) is 24.5 Å². The van der Waals surface area contributed by atoms with Crippen molar-refractivity contribution in [3.8, 4) is 6.07 Å². The van der Waals surface area contributed by atoms with Crippen LogP contribution in [0.25, 0.3) is 0 Å².